The third kappa shape index (κ3) is 2.23. The molecule has 1 atom stereocenters. The number of H-pyrrole nitrogens is 1. The fraction of sp³-hybridized carbons (Fsp3) is 0.357. The van der Waals surface area contributed by atoms with Gasteiger partial charge in [0, 0.05) is 11.4 Å². The molecule has 0 amide bonds. The number of alkyl halides is 1. The van der Waals surface area contributed by atoms with Gasteiger partial charge in [-0.2, -0.15) is 0 Å². The summed E-state index contributed by atoms with van der Waals surface area (Å²) >= 11 is 6.61. The Bertz CT molecular complexity index is 542. The lowest BCUT2D eigenvalue weighted by Crippen LogP contribution is -2.18. The number of hydrogen-bond acceptors (Lipinski definition) is 1. The van der Waals surface area contributed by atoms with Crippen molar-refractivity contribution in [2.24, 2.45) is 0 Å². The minimum absolute atomic E-state index is 0.0285. The molecule has 1 aromatic rings. The molecule has 1 aliphatic rings. The largest absolute Gasteiger partial charge is 0.481 e. The van der Waals surface area contributed by atoms with Gasteiger partial charge in [-0.05, 0) is 31.4 Å². The molecule has 0 radical (unpaired) electrons. The van der Waals surface area contributed by atoms with Crippen LogP contribution in [0.15, 0.2) is 24.3 Å². The zero-order valence-corrected chi connectivity index (χ0v) is 11.2. The second-order valence-electron chi connectivity index (χ2n) is 4.65. The van der Waals surface area contributed by atoms with Crippen molar-refractivity contribution in [3.05, 3.63) is 46.8 Å². The van der Waals surface area contributed by atoms with E-state index in [2.05, 4.69) is 4.98 Å². The number of carboxylic acids is 1. The average molecular weight is 266 g/mol. The molecule has 1 heterocycles. The quantitative estimate of drug-likeness (QED) is 0.825. The van der Waals surface area contributed by atoms with Gasteiger partial charge in [-0.1, -0.05) is 24.3 Å². The van der Waals surface area contributed by atoms with Crippen molar-refractivity contribution < 1.29 is 9.90 Å². The van der Waals surface area contributed by atoms with Crippen LogP contribution in [0.4, 0.5) is 0 Å². The molecule has 0 aromatic carbocycles. The number of allylic oxidation sites excluding steroid dienone is 4. The first kappa shape index (κ1) is 13.0. The number of aromatic nitrogens is 1. The molecule has 0 aliphatic heterocycles. The van der Waals surface area contributed by atoms with Crippen LogP contribution in [0.3, 0.4) is 0 Å². The highest BCUT2D eigenvalue weighted by Crippen LogP contribution is 2.39. The Balaban J connectivity index is 2.44. The fourth-order valence-corrected chi connectivity index (χ4v) is 2.75. The number of nitrogens with one attached hydrogen (secondary N) is 1. The van der Waals surface area contributed by atoms with Gasteiger partial charge in [0.1, 0.15) is 4.87 Å². The van der Waals surface area contributed by atoms with Crippen molar-refractivity contribution in [1.29, 1.82) is 0 Å². The van der Waals surface area contributed by atoms with E-state index in [-0.39, 0.29) is 6.42 Å². The lowest BCUT2D eigenvalue weighted by molar-refractivity contribution is -0.136. The Morgan fingerprint density at radius 2 is 2.22 bits per heavy atom. The Morgan fingerprint density at radius 3 is 2.78 bits per heavy atom. The van der Waals surface area contributed by atoms with E-state index in [1.54, 1.807) is 0 Å². The Hall–Kier alpha value is -1.48. The highest BCUT2D eigenvalue weighted by molar-refractivity contribution is 6.25. The van der Waals surface area contributed by atoms with Gasteiger partial charge >= 0.3 is 5.97 Å². The van der Waals surface area contributed by atoms with Crippen molar-refractivity contribution in [3.63, 3.8) is 0 Å². The first-order chi connectivity index (χ1) is 8.44. The highest BCUT2D eigenvalue weighted by Gasteiger charge is 2.31. The molecule has 2 N–H and O–H groups in total. The monoisotopic (exact) mass is 265 g/mol. The summed E-state index contributed by atoms with van der Waals surface area (Å²) in [6.07, 6.45) is 8.57. The molecule has 0 bridgehead atoms. The van der Waals surface area contributed by atoms with E-state index in [4.69, 9.17) is 16.7 Å². The van der Waals surface area contributed by atoms with Crippen LogP contribution < -0.4 is 0 Å². The van der Waals surface area contributed by atoms with Gasteiger partial charge in [0.05, 0.1) is 6.42 Å². The van der Waals surface area contributed by atoms with Crippen LogP contribution in [0.25, 0.3) is 0 Å². The summed E-state index contributed by atoms with van der Waals surface area (Å²) < 4.78 is 0. The van der Waals surface area contributed by atoms with Crippen LogP contribution in [0.2, 0.25) is 0 Å². The van der Waals surface area contributed by atoms with Crippen LogP contribution in [-0.2, 0) is 16.1 Å². The predicted octanol–water partition coefficient (Wildman–Crippen LogP) is 3.21. The summed E-state index contributed by atoms with van der Waals surface area (Å²) in [4.78, 5) is 13.5. The maximum absolute atomic E-state index is 10.9. The Labute approximate surface area is 111 Å². The lowest BCUT2D eigenvalue weighted by Gasteiger charge is -2.24. The molecule has 1 unspecified atom stereocenters. The van der Waals surface area contributed by atoms with Crippen molar-refractivity contribution >= 4 is 17.6 Å². The van der Waals surface area contributed by atoms with Gasteiger partial charge in [0.15, 0.2) is 0 Å². The normalized spacial score (nSPS) is 22.4. The smallest absolute Gasteiger partial charge is 0.307 e. The van der Waals surface area contributed by atoms with Gasteiger partial charge in [0.25, 0.3) is 0 Å². The molecule has 1 aromatic heterocycles. The van der Waals surface area contributed by atoms with Gasteiger partial charge in [-0.15, -0.1) is 11.6 Å². The molecule has 96 valence electrons. The summed E-state index contributed by atoms with van der Waals surface area (Å²) in [5, 5.41) is 8.93. The predicted molar refractivity (Wildman–Crippen MR) is 72.0 cm³/mol. The number of halogens is 1. The van der Waals surface area contributed by atoms with E-state index in [1.807, 2.05) is 38.2 Å². The fourth-order valence-electron chi connectivity index (χ4n) is 2.40. The standard InChI is InChI=1S/C14H16ClNO2/c1-9-11(8-12(17)18)10(2)16-13(9)14(15)6-4-3-5-7-14/h3-6,16H,7-8H2,1-2H3,(H,17,18). The first-order valence-electron chi connectivity index (χ1n) is 5.87. The van der Waals surface area contributed by atoms with Gasteiger partial charge in [-0.3, -0.25) is 4.79 Å². The maximum Gasteiger partial charge on any atom is 0.307 e. The molecule has 0 saturated heterocycles. The van der Waals surface area contributed by atoms with E-state index < -0.39 is 10.8 Å². The topological polar surface area (TPSA) is 53.1 Å². The van der Waals surface area contributed by atoms with Crippen molar-refractivity contribution in [2.45, 2.75) is 31.6 Å². The van der Waals surface area contributed by atoms with Crippen molar-refractivity contribution in [3.8, 4) is 0 Å². The molecular weight excluding hydrogens is 250 g/mol. The van der Waals surface area contributed by atoms with Crippen molar-refractivity contribution in [2.75, 3.05) is 0 Å². The van der Waals surface area contributed by atoms with Crippen LogP contribution in [0.1, 0.15) is 28.9 Å². The number of carboxylic acid groups (broad SMARTS) is 1. The molecule has 1 aliphatic carbocycles. The molecule has 0 spiro atoms. The third-order valence-electron chi connectivity index (χ3n) is 3.36. The van der Waals surface area contributed by atoms with Crippen LogP contribution in [0, 0.1) is 13.8 Å². The van der Waals surface area contributed by atoms with E-state index >= 15 is 0 Å². The third-order valence-corrected chi connectivity index (χ3v) is 3.83. The van der Waals surface area contributed by atoms with Gasteiger partial charge in [0.2, 0.25) is 0 Å². The van der Waals surface area contributed by atoms with E-state index in [9.17, 15) is 4.79 Å². The summed E-state index contributed by atoms with van der Waals surface area (Å²) in [5.41, 5.74) is 3.57. The van der Waals surface area contributed by atoms with E-state index in [0.717, 1.165) is 22.5 Å². The molecule has 0 saturated carbocycles. The number of aliphatic carboxylic acids is 1. The first-order valence-corrected chi connectivity index (χ1v) is 6.25. The van der Waals surface area contributed by atoms with Crippen LogP contribution in [0.5, 0.6) is 0 Å². The molecular formula is C14H16ClNO2. The number of aromatic amines is 1. The van der Waals surface area contributed by atoms with Gasteiger partial charge < -0.3 is 10.1 Å². The Kier molecular flexibility index (Phi) is 3.35. The molecule has 3 nitrogen and oxygen atoms in total. The summed E-state index contributed by atoms with van der Waals surface area (Å²) in [6, 6.07) is 0. The molecule has 0 fully saturated rings. The molecule has 18 heavy (non-hydrogen) atoms. The van der Waals surface area contributed by atoms with Gasteiger partial charge in [-0.25, -0.2) is 0 Å². The second-order valence-corrected chi connectivity index (χ2v) is 5.33. The van der Waals surface area contributed by atoms with E-state index in [0.29, 0.717) is 6.42 Å². The maximum atomic E-state index is 10.9. The number of aryl methyl sites for hydroxylation is 1. The van der Waals surface area contributed by atoms with Crippen LogP contribution in [-0.4, -0.2) is 16.1 Å². The second kappa shape index (κ2) is 4.65. The average Bonchev–Trinajstić information content (AvgIpc) is 2.58. The number of carbonyl (C=O) groups is 1. The zero-order valence-electron chi connectivity index (χ0n) is 10.5. The minimum atomic E-state index is -0.825. The SMILES string of the molecule is Cc1[nH]c(C2(Cl)C=CC=CC2)c(C)c1CC(=O)O. The van der Waals surface area contributed by atoms with Crippen molar-refractivity contribution in [1.82, 2.24) is 4.98 Å². The van der Waals surface area contributed by atoms with E-state index in [1.165, 1.54) is 0 Å². The Morgan fingerprint density at radius 1 is 1.50 bits per heavy atom. The molecule has 2 rings (SSSR count). The summed E-state index contributed by atoms with van der Waals surface area (Å²) in [5.74, 6) is -0.825. The number of hydrogen-bond donors (Lipinski definition) is 2. The summed E-state index contributed by atoms with van der Waals surface area (Å²) in [6.45, 7) is 3.81. The highest BCUT2D eigenvalue weighted by atomic mass is 35.5. The summed E-state index contributed by atoms with van der Waals surface area (Å²) in [7, 11) is 0. The minimum Gasteiger partial charge on any atom is -0.481 e. The lowest BCUT2D eigenvalue weighted by atomic mass is 9.92. The zero-order chi connectivity index (χ0) is 13.3. The number of rotatable bonds is 3. The molecule has 4 heteroatoms. The van der Waals surface area contributed by atoms with Crippen LogP contribution >= 0.6 is 11.6 Å².